The summed E-state index contributed by atoms with van der Waals surface area (Å²) in [6.07, 6.45) is 37.9. The third kappa shape index (κ3) is 40.3. The monoisotopic (exact) mass is 746 g/mol. The quantitative estimate of drug-likeness (QED) is 0.0203. The summed E-state index contributed by atoms with van der Waals surface area (Å²) in [5.41, 5.74) is 0. The molecule has 51 heavy (non-hydrogen) atoms. The van der Waals surface area contributed by atoms with Gasteiger partial charge in [-0.3, -0.25) is 9.36 Å². The van der Waals surface area contributed by atoms with E-state index in [0.29, 0.717) is 24.1 Å². The summed E-state index contributed by atoms with van der Waals surface area (Å²) in [6, 6.07) is 0. The van der Waals surface area contributed by atoms with E-state index < -0.39 is 13.9 Å². The Kier molecular flexibility index (Phi) is 35.7. The molecule has 0 radical (unpaired) electrons. The highest BCUT2D eigenvalue weighted by Gasteiger charge is 2.20. The van der Waals surface area contributed by atoms with Crippen LogP contribution < -0.4 is 4.89 Å². The van der Waals surface area contributed by atoms with Crippen molar-refractivity contribution >= 4 is 13.8 Å². The van der Waals surface area contributed by atoms with Crippen molar-refractivity contribution in [3.8, 4) is 0 Å². The van der Waals surface area contributed by atoms with Gasteiger partial charge in [0.15, 0.2) is 0 Å². The van der Waals surface area contributed by atoms with Crippen LogP contribution in [-0.4, -0.2) is 70.7 Å². The van der Waals surface area contributed by atoms with Crippen LogP contribution in [0, 0.1) is 0 Å². The first-order valence-corrected chi connectivity index (χ1v) is 22.9. The van der Waals surface area contributed by atoms with Gasteiger partial charge in [-0.1, -0.05) is 161 Å². The van der Waals surface area contributed by atoms with E-state index in [1.54, 1.807) is 0 Å². The summed E-state index contributed by atoms with van der Waals surface area (Å²) < 4.78 is 34.5. The molecule has 0 aliphatic heterocycles. The van der Waals surface area contributed by atoms with Crippen LogP contribution in [0.2, 0.25) is 0 Å². The van der Waals surface area contributed by atoms with E-state index in [1.807, 2.05) is 21.1 Å². The van der Waals surface area contributed by atoms with Gasteiger partial charge < -0.3 is 27.9 Å². The normalized spacial score (nSPS) is 13.9. The number of hydrogen-bond donors (Lipinski definition) is 0. The maximum absolute atomic E-state index is 12.6. The highest BCUT2D eigenvalue weighted by molar-refractivity contribution is 7.45. The number of carbonyl (C=O) groups excluding carboxylic acids is 1. The number of phosphoric ester groups is 1. The third-order valence-electron chi connectivity index (χ3n) is 9.32. The van der Waals surface area contributed by atoms with Gasteiger partial charge in [0.1, 0.15) is 19.3 Å². The van der Waals surface area contributed by atoms with E-state index in [-0.39, 0.29) is 25.8 Å². The maximum atomic E-state index is 12.6. The van der Waals surface area contributed by atoms with Crippen LogP contribution in [0.25, 0.3) is 0 Å². The molecule has 9 heteroatoms. The highest BCUT2D eigenvalue weighted by Crippen LogP contribution is 2.38. The molecule has 0 aliphatic rings. The lowest BCUT2D eigenvalue weighted by Crippen LogP contribution is -2.37. The van der Waals surface area contributed by atoms with Gasteiger partial charge in [0, 0.05) is 13.0 Å². The number of hydrogen-bond acceptors (Lipinski definition) is 7. The molecule has 2 unspecified atom stereocenters. The van der Waals surface area contributed by atoms with Gasteiger partial charge in [-0.25, -0.2) is 0 Å². The molecule has 0 aromatic rings. The van der Waals surface area contributed by atoms with E-state index in [9.17, 15) is 14.3 Å². The van der Waals surface area contributed by atoms with Gasteiger partial charge in [-0.15, -0.1) is 0 Å². The van der Waals surface area contributed by atoms with Crippen LogP contribution in [0.4, 0.5) is 0 Å². The minimum Gasteiger partial charge on any atom is -0.756 e. The lowest BCUT2D eigenvalue weighted by Gasteiger charge is -2.28. The van der Waals surface area contributed by atoms with Gasteiger partial charge in [0.25, 0.3) is 7.82 Å². The van der Waals surface area contributed by atoms with Crippen LogP contribution in [0.1, 0.15) is 194 Å². The molecule has 0 aromatic heterocycles. The van der Waals surface area contributed by atoms with Crippen molar-refractivity contribution in [3.05, 3.63) is 12.2 Å². The minimum absolute atomic E-state index is 0.0287. The smallest absolute Gasteiger partial charge is 0.306 e. The summed E-state index contributed by atoms with van der Waals surface area (Å²) >= 11 is 0. The lowest BCUT2D eigenvalue weighted by atomic mass is 10.1. The molecule has 0 saturated heterocycles. The van der Waals surface area contributed by atoms with Gasteiger partial charge >= 0.3 is 5.97 Å². The van der Waals surface area contributed by atoms with Gasteiger partial charge in [-0.05, 0) is 38.5 Å². The van der Waals surface area contributed by atoms with Crippen molar-refractivity contribution in [1.82, 2.24) is 0 Å². The summed E-state index contributed by atoms with van der Waals surface area (Å²) in [6.45, 7) is 5.42. The van der Waals surface area contributed by atoms with E-state index in [4.69, 9.17) is 18.5 Å². The van der Waals surface area contributed by atoms with Crippen LogP contribution in [0.15, 0.2) is 12.2 Å². The number of unbranched alkanes of at least 4 members (excludes halogenated alkanes) is 24. The van der Waals surface area contributed by atoms with Crippen LogP contribution in [0.3, 0.4) is 0 Å². The van der Waals surface area contributed by atoms with Crippen molar-refractivity contribution in [2.45, 2.75) is 200 Å². The Labute approximate surface area is 316 Å². The summed E-state index contributed by atoms with van der Waals surface area (Å²) in [7, 11) is 1.36. The molecule has 8 nitrogen and oxygen atoms in total. The predicted octanol–water partition coefficient (Wildman–Crippen LogP) is 11.6. The zero-order valence-corrected chi connectivity index (χ0v) is 35.2. The Morgan fingerprint density at radius 1 is 0.588 bits per heavy atom. The molecule has 0 saturated carbocycles. The maximum Gasteiger partial charge on any atom is 0.306 e. The summed E-state index contributed by atoms with van der Waals surface area (Å²) in [5, 5.41) is 0. The van der Waals surface area contributed by atoms with Crippen molar-refractivity contribution < 1.29 is 37.3 Å². The van der Waals surface area contributed by atoms with Crippen molar-refractivity contribution in [2.24, 2.45) is 0 Å². The molecule has 0 aliphatic carbocycles. The topological polar surface area (TPSA) is 94.1 Å². The average molecular weight is 746 g/mol. The van der Waals surface area contributed by atoms with Crippen molar-refractivity contribution in [1.29, 1.82) is 0 Å². The van der Waals surface area contributed by atoms with Crippen LogP contribution in [0.5, 0.6) is 0 Å². The fraction of sp³-hybridized carbons (Fsp3) is 0.929. The number of ether oxygens (including phenoxy) is 2. The Hall–Kier alpha value is -0.760. The van der Waals surface area contributed by atoms with E-state index in [2.05, 4.69) is 26.0 Å². The third-order valence-corrected chi connectivity index (χ3v) is 10.3. The number of likely N-dealkylation sites (N-methyl/N-ethyl adjacent to an activating group) is 1. The van der Waals surface area contributed by atoms with Gasteiger partial charge in [-0.2, -0.15) is 0 Å². The van der Waals surface area contributed by atoms with Gasteiger partial charge in [0.2, 0.25) is 0 Å². The molecule has 0 N–H and O–H groups in total. The average Bonchev–Trinajstić information content (AvgIpc) is 3.08. The summed E-state index contributed by atoms with van der Waals surface area (Å²) in [5.74, 6) is -0.334. The number of esters is 1. The highest BCUT2D eigenvalue weighted by atomic mass is 31.2. The van der Waals surface area contributed by atoms with Crippen LogP contribution >= 0.6 is 7.82 Å². The fourth-order valence-corrected chi connectivity index (χ4v) is 6.68. The molecule has 0 heterocycles. The van der Waals surface area contributed by atoms with E-state index in [0.717, 1.165) is 32.1 Å². The number of allylic oxidation sites excluding steroid dienone is 2. The first kappa shape index (κ1) is 50.2. The van der Waals surface area contributed by atoms with Crippen molar-refractivity contribution in [3.63, 3.8) is 0 Å². The fourth-order valence-electron chi connectivity index (χ4n) is 5.95. The molecule has 0 rings (SSSR count). The number of nitrogens with zero attached hydrogens (tertiary/aromatic N) is 1. The second-order valence-electron chi connectivity index (χ2n) is 15.7. The zero-order valence-electron chi connectivity index (χ0n) is 34.3. The van der Waals surface area contributed by atoms with Crippen LogP contribution in [-0.2, 0) is 27.9 Å². The molecule has 2 atom stereocenters. The van der Waals surface area contributed by atoms with Crippen molar-refractivity contribution in [2.75, 3.05) is 54.1 Å². The largest absolute Gasteiger partial charge is 0.756 e. The molecular weight excluding hydrogens is 661 g/mol. The van der Waals surface area contributed by atoms with Gasteiger partial charge in [0.05, 0.1) is 34.4 Å². The number of quaternary nitrogens is 1. The van der Waals surface area contributed by atoms with E-state index in [1.165, 1.54) is 141 Å². The molecule has 304 valence electrons. The lowest BCUT2D eigenvalue weighted by molar-refractivity contribution is -0.870. The Morgan fingerprint density at radius 2 is 1.02 bits per heavy atom. The number of carbonyl (C=O) groups is 1. The zero-order chi connectivity index (χ0) is 37.7. The number of phosphoric acid groups is 1. The number of rotatable bonds is 40. The second kappa shape index (κ2) is 36.2. The molecule has 0 spiro atoms. The molecule has 0 aromatic carbocycles. The minimum atomic E-state index is -4.51. The molecule has 0 amide bonds. The first-order chi connectivity index (χ1) is 24.6. The molecule has 0 bridgehead atoms. The first-order valence-electron chi connectivity index (χ1n) is 21.4. The SMILES string of the molecule is CCCCCCCC/C=C\CCCCCCCCCCCC(=O)OC(COCCCCCCCCCCCC)COP(=O)([O-])OCC[N+](C)(C)C. The van der Waals surface area contributed by atoms with E-state index >= 15 is 0 Å². The Morgan fingerprint density at radius 3 is 1.49 bits per heavy atom. The Balaban J connectivity index is 4.16. The standard InChI is InChI=1S/C42H84NO7P/c1-6-8-10-12-14-16-18-19-20-21-22-23-24-25-26-27-29-31-33-35-42(44)50-41(40-49-51(45,46)48-38-36-43(3,4)5)39-47-37-34-32-30-28-17-15-13-11-9-7-2/h19-20,41H,6-18,21-40H2,1-5H3/b20-19-. The molecule has 0 fully saturated rings. The summed E-state index contributed by atoms with van der Waals surface area (Å²) in [4.78, 5) is 25.0. The molecular formula is C42H84NO7P. The second-order valence-corrected chi connectivity index (χ2v) is 17.1. The predicted molar refractivity (Wildman–Crippen MR) is 213 cm³/mol. The Bertz CT molecular complexity index is 833.